The van der Waals surface area contributed by atoms with Gasteiger partial charge in [0.25, 0.3) is 0 Å². The molecule has 0 aromatic rings. The number of rotatable bonds is 8. The molecule has 0 aromatic heterocycles. The van der Waals surface area contributed by atoms with Gasteiger partial charge in [-0.2, -0.15) is 0 Å². The van der Waals surface area contributed by atoms with Gasteiger partial charge >= 0.3 is 5.97 Å². The fraction of sp³-hybridized carbons (Fsp3) is 0.968. The van der Waals surface area contributed by atoms with E-state index in [1.54, 1.807) is 0 Å². The van der Waals surface area contributed by atoms with E-state index in [0.717, 1.165) is 54.8 Å². The lowest BCUT2D eigenvalue weighted by molar-refractivity contribution is -0.158. The highest BCUT2D eigenvalue weighted by Crippen LogP contribution is 2.71. The van der Waals surface area contributed by atoms with E-state index < -0.39 is 0 Å². The largest absolute Gasteiger partial charge is 0.462 e. The fourth-order valence-electron chi connectivity index (χ4n) is 9.74. The topological polar surface area (TPSA) is 26.3 Å². The highest BCUT2D eigenvalue weighted by atomic mass is 79.9. The molecule has 0 aliphatic heterocycles. The van der Waals surface area contributed by atoms with Gasteiger partial charge in [-0.25, -0.2) is 0 Å². The van der Waals surface area contributed by atoms with E-state index in [0.29, 0.717) is 16.7 Å². The molecule has 4 aliphatic carbocycles. The van der Waals surface area contributed by atoms with Crippen molar-refractivity contribution in [2.45, 2.75) is 139 Å². The van der Waals surface area contributed by atoms with Crippen LogP contribution in [-0.4, -0.2) is 26.6 Å². The minimum absolute atomic E-state index is 0.00614. The van der Waals surface area contributed by atoms with E-state index in [4.69, 9.17) is 16.3 Å². The van der Waals surface area contributed by atoms with E-state index >= 15 is 0 Å². The molecule has 4 fully saturated rings. The Morgan fingerprint density at radius 1 is 1.03 bits per heavy atom. The van der Waals surface area contributed by atoms with Crippen LogP contribution in [-0.2, 0) is 9.53 Å². The number of hydrogen-bond acceptors (Lipinski definition) is 2. The Morgan fingerprint density at radius 2 is 1.75 bits per heavy atom. The second-order valence-corrected chi connectivity index (χ2v) is 17.5. The summed E-state index contributed by atoms with van der Waals surface area (Å²) in [5.41, 5.74) is 0.744. The van der Waals surface area contributed by atoms with Crippen molar-refractivity contribution in [3.05, 3.63) is 0 Å². The second-order valence-electron chi connectivity index (χ2n) is 14.2. The third-order valence-corrected chi connectivity index (χ3v) is 15.3. The molecule has 0 unspecified atom stereocenters. The zero-order valence-electron chi connectivity index (χ0n) is 23.6. The predicted octanol–water partition coefficient (Wildman–Crippen LogP) is 9.93. The summed E-state index contributed by atoms with van der Waals surface area (Å²) >= 11 is 14.6. The molecular formula is C31H51Br2ClO2. The molecular weight excluding hydrogens is 600 g/mol. The maximum Gasteiger partial charge on any atom is 0.307 e. The molecule has 0 radical (unpaired) electrons. The van der Waals surface area contributed by atoms with Gasteiger partial charge in [0.05, 0.1) is 6.42 Å². The Bertz CT molecular complexity index is 789. The van der Waals surface area contributed by atoms with Gasteiger partial charge in [-0.05, 0) is 98.2 Å². The Morgan fingerprint density at radius 3 is 2.42 bits per heavy atom. The van der Waals surface area contributed by atoms with Crippen molar-refractivity contribution in [2.24, 2.45) is 46.3 Å². The lowest BCUT2D eigenvalue weighted by atomic mass is 9.44. The van der Waals surface area contributed by atoms with E-state index in [-0.39, 0.29) is 27.2 Å². The van der Waals surface area contributed by atoms with Crippen LogP contribution in [0.2, 0.25) is 0 Å². The lowest BCUT2D eigenvalue weighted by Gasteiger charge is -2.66. The average molecular weight is 651 g/mol. The summed E-state index contributed by atoms with van der Waals surface area (Å²) in [6.45, 7) is 14.4. The summed E-state index contributed by atoms with van der Waals surface area (Å²) in [5.74, 6) is 4.87. The van der Waals surface area contributed by atoms with Crippen molar-refractivity contribution in [1.29, 1.82) is 0 Å². The zero-order chi connectivity index (χ0) is 26.5. The maximum absolute atomic E-state index is 12.4. The van der Waals surface area contributed by atoms with Crippen LogP contribution in [0, 0.1) is 46.3 Å². The van der Waals surface area contributed by atoms with Gasteiger partial charge in [-0.1, -0.05) is 85.7 Å². The van der Waals surface area contributed by atoms with Gasteiger partial charge in [-0.3, -0.25) is 4.79 Å². The van der Waals surface area contributed by atoms with Crippen molar-refractivity contribution in [1.82, 2.24) is 0 Å². The Kier molecular flexibility index (Phi) is 9.32. The van der Waals surface area contributed by atoms with Crippen LogP contribution >= 0.6 is 43.5 Å². The minimum atomic E-state index is -0.173. The zero-order valence-corrected chi connectivity index (χ0v) is 27.6. The normalized spacial score (nSPS) is 45.9. The molecule has 0 aromatic carbocycles. The summed E-state index contributed by atoms with van der Waals surface area (Å²) in [5, 5.41) is -0.173. The number of fused-ring (bicyclic) bond motifs is 5. The van der Waals surface area contributed by atoms with Gasteiger partial charge < -0.3 is 4.74 Å². The number of halogens is 3. The van der Waals surface area contributed by atoms with E-state index in [9.17, 15) is 4.79 Å². The third kappa shape index (κ3) is 5.37. The van der Waals surface area contributed by atoms with Gasteiger partial charge in [0.15, 0.2) is 0 Å². The highest BCUT2D eigenvalue weighted by Gasteiger charge is 2.67. The first-order valence-electron chi connectivity index (χ1n) is 15.0. The van der Waals surface area contributed by atoms with Crippen molar-refractivity contribution < 1.29 is 9.53 Å². The molecule has 208 valence electrons. The van der Waals surface area contributed by atoms with Crippen molar-refractivity contribution >= 4 is 49.4 Å². The Hall–Kier alpha value is 0.720. The summed E-state index contributed by atoms with van der Waals surface area (Å²) in [6.07, 6.45) is 14.4. The first kappa shape index (κ1) is 29.7. The third-order valence-electron chi connectivity index (χ3n) is 11.6. The van der Waals surface area contributed by atoms with Crippen LogP contribution in [0.4, 0.5) is 0 Å². The van der Waals surface area contributed by atoms with Crippen molar-refractivity contribution in [3.63, 3.8) is 0 Å². The van der Waals surface area contributed by atoms with Gasteiger partial charge in [0.2, 0.25) is 0 Å². The number of carbonyl (C=O) groups excluding carboxylic acids is 1. The summed E-state index contributed by atoms with van der Waals surface area (Å²) in [6, 6.07) is 0. The Labute approximate surface area is 243 Å². The quantitative estimate of drug-likeness (QED) is 0.193. The maximum atomic E-state index is 12.4. The van der Waals surface area contributed by atoms with Crippen molar-refractivity contribution in [2.75, 3.05) is 0 Å². The van der Waals surface area contributed by atoms with Crippen LogP contribution in [0.25, 0.3) is 0 Å². The van der Waals surface area contributed by atoms with E-state index in [1.165, 1.54) is 51.4 Å². The molecule has 0 saturated heterocycles. The molecule has 11 atom stereocenters. The predicted molar refractivity (Wildman–Crippen MR) is 159 cm³/mol. The number of carbonyl (C=O) groups is 1. The molecule has 4 aliphatic rings. The highest BCUT2D eigenvalue weighted by molar-refractivity contribution is 9.12. The van der Waals surface area contributed by atoms with Gasteiger partial charge in [-0.15, -0.1) is 11.6 Å². The SMILES string of the molecule is CC(C)CCC[C@@H](C)[C@H]1CC[C@H]2[C@@H]3C[C@H](Br)[C@@]4(Br)C[C@@H](OC(=O)C[C@@H](C)Cl)CC[C@]4(C)[C@H]3CC[C@]12C. The molecule has 0 heterocycles. The summed E-state index contributed by atoms with van der Waals surface area (Å²) in [4.78, 5) is 12.8. The Balaban J connectivity index is 1.47. The average Bonchev–Trinajstić information content (AvgIpc) is 3.12. The molecule has 5 heteroatoms. The number of alkyl halides is 3. The lowest BCUT2D eigenvalue weighted by Crippen LogP contribution is -2.64. The number of hydrogen-bond donors (Lipinski definition) is 0. The van der Waals surface area contributed by atoms with Crippen LogP contribution in [0.3, 0.4) is 0 Å². The second kappa shape index (κ2) is 11.3. The minimum Gasteiger partial charge on any atom is -0.462 e. The molecule has 36 heavy (non-hydrogen) atoms. The van der Waals surface area contributed by atoms with Crippen LogP contribution in [0.15, 0.2) is 0 Å². The van der Waals surface area contributed by atoms with E-state index in [2.05, 4.69) is 66.5 Å². The number of esters is 1. The smallest absolute Gasteiger partial charge is 0.307 e. The van der Waals surface area contributed by atoms with Crippen LogP contribution < -0.4 is 0 Å². The monoisotopic (exact) mass is 648 g/mol. The van der Waals surface area contributed by atoms with Crippen molar-refractivity contribution in [3.8, 4) is 0 Å². The molecule has 0 N–H and O–H groups in total. The summed E-state index contributed by atoms with van der Waals surface area (Å²) in [7, 11) is 0. The summed E-state index contributed by atoms with van der Waals surface area (Å²) < 4.78 is 5.92. The molecule has 0 amide bonds. The van der Waals surface area contributed by atoms with E-state index in [1.807, 2.05) is 6.92 Å². The van der Waals surface area contributed by atoms with Crippen LogP contribution in [0.1, 0.15) is 119 Å². The van der Waals surface area contributed by atoms with Crippen LogP contribution in [0.5, 0.6) is 0 Å². The van der Waals surface area contributed by atoms with Gasteiger partial charge in [0, 0.05) is 20.9 Å². The fourth-order valence-corrected chi connectivity index (χ4v) is 12.0. The molecule has 4 rings (SSSR count). The first-order valence-corrected chi connectivity index (χ1v) is 17.1. The molecule has 4 saturated carbocycles. The number of ether oxygens (including phenoxy) is 1. The molecule has 0 bridgehead atoms. The molecule has 0 spiro atoms. The standard InChI is InChI=1S/C31H51Br2ClO2/c1-19(2)8-7-9-20(3)24-10-11-25-23-17-27(32)31(33)18-22(36-28(35)16-21(4)34)12-15-30(31,6)26(23)13-14-29(24,25)5/h19-27H,7-18H2,1-6H3/t20-,21-,22+,23+,24-,25+,26+,27+,29-,30-,31+/m1/s1. The van der Waals surface area contributed by atoms with Gasteiger partial charge in [0.1, 0.15) is 6.10 Å². The first-order chi connectivity index (χ1) is 16.8. The molecule has 2 nitrogen and oxygen atoms in total.